The Hall–Kier alpha value is -1.86. The molecule has 0 saturated carbocycles. The lowest BCUT2D eigenvalue weighted by molar-refractivity contribution is 0.660. The zero-order valence-corrected chi connectivity index (χ0v) is 14.3. The van der Waals surface area contributed by atoms with E-state index in [1.807, 2.05) is 0 Å². The topological polar surface area (TPSA) is 0 Å². The summed E-state index contributed by atoms with van der Waals surface area (Å²) in [5.74, 6) is 0. The Morgan fingerprint density at radius 3 is 2.23 bits per heavy atom. The van der Waals surface area contributed by atoms with E-state index in [1.54, 1.807) is 0 Å². The van der Waals surface area contributed by atoms with Crippen LogP contribution in [0.1, 0.15) is 25.0 Å². The second-order valence-corrected chi connectivity index (χ2v) is 7.32. The van der Waals surface area contributed by atoms with E-state index in [4.69, 9.17) is 0 Å². The van der Waals surface area contributed by atoms with Crippen molar-refractivity contribution in [2.24, 2.45) is 0 Å². The zero-order chi connectivity index (χ0) is 15.3. The minimum Gasteiger partial charge on any atom is -0.0619 e. The molecule has 0 radical (unpaired) electrons. The van der Waals surface area contributed by atoms with Gasteiger partial charge in [-0.05, 0) is 45.5 Å². The summed E-state index contributed by atoms with van der Waals surface area (Å²) in [4.78, 5) is 0. The molecule has 0 unspecified atom stereocenters. The molecule has 0 heterocycles. The highest BCUT2D eigenvalue weighted by Gasteiger charge is 2.36. The van der Waals surface area contributed by atoms with E-state index in [0.717, 1.165) is 4.47 Å². The maximum Gasteiger partial charge on any atom is 0.0181 e. The maximum atomic E-state index is 3.59. The van der Waals surface area contributed by atoms with Gasteiger partial charge in [0.15, 0.2) is 0 Å². The summed E-state index contributed by atoms with van der Waals surface area (Å²) in [6.07, 6.45) is 0. The third kappa shape index (κ3) is 1.89. The van der Waals surface area contributed by atoms with Crippen LogP contribution in [0.4, 0.5) is 0 Å². The quantitative estimate of drug-likeness (QED) is 0.475. The summed E-state index contributed by atoms with van der Waals surface area (Å²) in [6, 6.07) is 24.1. The number of rotatable bonds is 1. The zero-order valence-electron chi connectivity index (χ0n) is 12.7. The van der Waals surface area contributed by atoms with Crippen LogP contribution in [0.15, 0.2) is 71.2 Å². The average molecular weight is 349 g/mol. The predicted molar refractivity (Wildman–Crippen MR) is 97.1 cm³/mol. The molecule has 1 aliphatic rings. The SMILES string of the molecule is CC1(C)c2ccccc2-c2c(-c3cccc(Br)c3)cccc21. The molecule has 0 atom stereocenters. The van der Waals surface area contributed by atoms with E-state index < -0.39 is 0 Å². The normalized spacial score (nSPS) is 14.5. The van der Waals surface area contributed by atoms with Crippen molar-refractivity contribution in [2.45, 2.75) is 19.3 Å². The van der Waals surface area contributed by atoms with Crippen molar-refractivity contribution in [3.63, 3.8) is 0 Å². The Balaban J connectivity index is 2.07. The van der Waals surface area contributed by atoms with Crippen LogP contribution in [0.5, 0.6) is 0 Å². The molecule has 0 nitrogen and oxygen atoms in total. The minimum absolute atomic E-state index is 0.0634. The Morgan fingerprint density at radius 2 is 1.41 bits per heavy atom. The molecular weight excluding hydrogens is 332 g/mol. The molecule has 22 heavy (non-hydrogen) atoms. The first-order valence-electron chi connectivity index (χ1n) is 7.58. The molecule has 0 saturated heterocycles. The van der Waals surface area contributed by atoms with Crippen molar-refractivity contribution in [2.75, 3.05) is 0 Å². The maximum absolute atomic E-state index is 3.59. The second-order valence-electron chi connectivity index (χ2n) is 6.41. The van der Waals surface area contributed by atoms with Gasteiger partial charge in [0, 0.05) is 9.89 Å². The molecule has 1 heteroatoms. The summed E-state index contributed by atoms with van der Waals surface area (Å²) in [5, 5.41) is 0. The van der Waals surface area contributed by atoms with Crippen molar-refractivity contribution in [1.82, 2.24) is 0 Å². The number of hydrogen-bond acceptors (Lipinski definition) is 0. The van der Waals surface area contributed by atoms with Crippen LogP contribution < -0.4 is 0 Å². The second kappa shape index (κ2) is 4.82. The van der Waals surface area contributed by atoms with Gasteiger partial charge in [0.1, 0.15) is 0 Å². The van der Waals surface area contributed by atoms with E-state index in [0.29, 0.717) is 0 Å². The van der Waals surface area contributed by atoms with Crippen LogP contribution in [0.25, 0.3) is 22.3 Å². The molecule has 1 aliphatic carbocycles. The molecular formula is C21H17Br. The first-order chi connectivity index (χ1) is 10.6. The molecule has 108 valence electrons. The van der Waals surface area contributed by atoms with Crippen molar-refractivity contribution >= 4 is 15.9 Å². The van der Waals surface area contributed by atoms with Crippen LogP contribution in [0, 0.1) is 0 Å². The van der Waals surface area contributed by atoms with E-state index in [9.17, 15) is 0 Å². The molecule has 4 rings (SSSR count). The summed E-state index contributed by atoms with van der Waals surface area (Å²) < 4.78 is 1.12. The highest BCUT2D eigenvalue weighted by molar-refractivity contribution is 9.10. The summed E-state index contributed by atoms with van der Waals surface area (Å²) >= 11 is 3.59. The van der Waals surface area contributed by atoms with Gasteiger partial charge in [-0.3, -0.25) is 0 Å². The minimum atomic E-state index is 0.0634. The highest BCUT2D eigenvalue weighted by Crippen LogP contribution is 2.51. The Morgan fingerprint density at radius 1 is 0.727 bits per heavy atom. The molecule has 0 bridgehead atoms. The number of hydrogen-bond donors (Lipinski definition) is 0. The fraction of sp³-hybridized carbons (Fsp3) is 0.143. The monoisotopic (exact) mass is 348 g/mol. The molecule has 0 N–H and O–H groups in total. The van der Waals surface area contributed by atoms with Crippen LogP contribution in [0.2, 0.25) is 0 Å². The van der Waals surface area contributed by atoms with E-state index in [-0.39, 0.29) is 5.41 Å². The van der Waals surface area contributed by atoms with Crippen LogP contribution in [0.3, 0.4) is 0 Å². The van der Waals surface area contributed by atoms with Gasteiger partial charge in [-0.15, -0.1) is 0 Å². The van der Waals surface area contributed by atoms with Crippen LogP contribution >= 0.6 is 15.9 Å². The van der Waals surface area contributed by atoms with Crippen molar-refractivity contribution in [3.8, 4) is 22.3 Å². The van der Waals surface area contributed by atoms with Crippen molar-refractivity contribution in [1.29, 1.82) is 0 Å². The predicted octanol–water partition coefficient (Wildman–Crippen LogP) is 6.42. The van der Waals surface area contributed by atoms with Gasteiger partial charge in [0.05, 0.1) is 0 Å². The fourth-order valence-corrected chi connectivity index (χ4v) is 4.05. The van der Waals surface area contributed by atoms with Crippen LogP contribution in [-0.2, 0) is 5.41 Å². The third-order valence-electron chi connectivity index (χ3n) is 4.74. The van der Waals surface area contributed by atoms with Crippen LogP contribution in [-0.4, -0.2) is 0 Å². The van der Waals surface area contributed by atoms with Gasteiger partial charge in [-0.2, -0.15) is 0 Å². The van der Waals surface area contributed by atoms with Gasteiger partial charge < -0.3 is 0 Å². The largest absolute Gasteiger partial charge is 0.0619 e. The van der Waals surface area contributed by atoms with Gasteiger partial charge >= 0.3 is 0 Å². The van der Waals surface area contributed by atoms with Crippen molar-refractivity contribution in [3.05, 3.63) is 82.3 Å². The third-order valence-corrected chi connectivity index (χ3v) is 5.24. The summed E-state index contributed by atoms with van der Waals surface area (Å²) in [6.45, 7) is 4.64. The van der Waals surface area contributed by atoms with E-state index >= 15 is 0 Å². The summed E-state index contributed by atoms with van der Waals surface area (Å²) in [5.41, 5.74) is 8.25. The molecule has 3 aromatic carbocycles. The standard InChI is InChI=1S/C21H17Br/c1-21(2)18-11-4-3-9-17(18)20-16(10-6-12-19(20)21)14-7-5-8-15(22)13-14/h3-13H,1-2H3. The van der Waals surface area contributed by atoms with Gasteiger partial charge in [-0.25, -0.2) is 0 Å². The van der Waals surface area contributed by atoms with Crippen molar-refractivity contribution < 1.29 is 0 Å². The molecule has 3 aromatic rings. The number of fused-ring (bicyclic) bond motifs is 3. The fourth-order valence-electron chi connectivity index (χ4n) is 3.65. The lowest BCUT2D eigenvalue weighted by Gasteiger charge is -2.21. The Kier molecular flexibility index (Phi) is 3.02. The number of halogens is 1. The molecule has 0 aliphatic heterocycles. The Labute approximate surface area is 140 Å². The smallest absolute Gasteiger partial charge is 0.0181 e. The lowest BCUT2D eigenvalue weighted by atomic mass is 9.82. The summed E-state index contributed by atoms with van der Waals surface area (Å²) in [7, 11) is 0. The first kappa shape index (κ1) is 13.8. The molecule has 0 spiro atoms. The highest BCUT2D eigenvalue weighted by atomic mass is 79.9. The van der Waals surface area contributed by atoms with E-state index in [2.05, 4.69) is 96.5 Å². The van der Waals surface area contributed by atoms with E-state index in [1.165, 1.54) is 33.4 Å². The average Bonchev–Trinajstić information content (AvgIpc) is 2.76. The molecule has 0 aromatic heterocycles. The molecule has 0 fully saturated rings. The van der Waals surface area contributed by atoms with Gasteiger partial charge in [0.2, 0.25) is 0 Å². The Bertz CT molecular complexity index is 875. The van der Waals surface area contributed by atoms with Gasteiger partial charge in [0.25, 0.3) is 0 Å². The lowest BCUT2D eigenvalue weighted by Crippen LogP contribution is -2.14. The first-order valence-corrected chi connectivity index (χ1v) is 8.37. The van der Waals surface area contributed by atoms with Gasteiger partial charge in [-0.1, -0.05) is 84.4 Å². The molecule has 0 amide bonds. The number of benzene rings is 3.